The number of nitrogens with one attached hydrogen (secondary N) is 1. The lowest BCUT2D eigenvalue weighted by atomic mass is 10.1. The van der Waals surface area contributed by atoms with Crippen molar-refractivity contribution in [3.8, 4) is 0 Å². The smallest absolute Gasteiger partial charge is 0.272 e. The van der Waals surface area contributed by atoms with Crippen LogP contribution in [-0.4, -0.2) is 15.5 Å². The van der Waals surface area contributed by atoms with Crippen molar-refractivity contribution in [2.24, 2.45) is 0 Å². The number of benzene rings is 1. The number of hydrogen-bond donors (Lipinski definition) is 1. The third-order valence-corrected chi connectivity index (χ3v) is 5.20. The minimum atomic E-state index is -0.137. The fourth-order valence-corrected chi connectivity index (χ4v) is 3.39. The second-order valence-electron chi connectivity index (χ2n) is 6.19. The molecule has 25 heavy (non-hydrogen) atoms. The summed E-state index contributed by atoms with van der Waals surface area (Å²) in [6.07, 6.45) is 0.261. The molecule has 0 atom stereocenters. The van der Waals surface area contributed by atoms with Gasteiger partial charge in [0.2, 0.25) is 5.91 Å². The zero-order chi connectivity index (χ0) is 18.0. The van der Waals surface area contributed by atoms with Crippen LogP contribution < -0.4 is 10.9 Å². The number of amides is 1. The number of hydrogen-bond acceptors (Lipinski definition) is 4. The largest absolute Gasteiger partial charge is 0.351 e. The van der Waals surface area contributed by atoms with E-state index in [1.165, 1.54) is 0 Å². The van der Waals surface area contributed by atoms with E-state index in [1.807, 2.05) is 43.5 Å². The first-order valence-corrected chi connectivity index (χ1v) is 9.11. The number of carbonyl (C=O) groups is 1. The lowest BCUT2D eigenvalue weighted by Crippen LogP contribution is -2.28. The number of aromatic nitrogens is 2. The van der Waals surface area contributed by atoms with Crippen LogP contribution in [-0.2, 0) is 17.9 Å². The molecule has 3 rings (SSSR count). The van der Waals surface area contributed by atoms with E-state index >= 15 is 0 Å². The first kappa shape index (κ1) is 17.4. The molecule has 0 spiro atoms. The monoisotopic (exact) mass is 355 g/mol. The molecular formula is C19H21N3O2S. The van der Waals surface area contributed by atoms with Crippen LogP contribution in [0.3, 0.4) is 0 Å². The maximum atomic E-state index is 12.5. The van der Waals surface area contributed by atoms with Crippen LogP contribution in [0, 0.1) is 20.8 Å². The summed E-state index contributed by atoms with van der Waals surface area (Å²) in [5, 5.41) is 4.88. The van der Waals surface area contributed by atoms with Crippen LogP contribution in [0.25, 0.3) is 11.0 Å². The molecule has 0 aliphatic heterocycles. The van der Waals surface area contributed by atoms with Crippen LogP contribution in [0.5, 0.6) is 0 Å². The maximum Gasteiger partial charge on any atom is 0.272 e. The van der Waals surface area contributed by atoms with Crippen LogP contribution in [0.4, 0.5) is 0 Å². The highest BCUT2D eigenvalue weighted by Gasteiger charge is 2.11. The molecule has 2 aromatic heterocycles. The molecule has 5 nitrogen and oxygen atoms in total. The first-order chi connectivity index (χ1) is 12.0. The Hall–Kier alpha value is -2.47. The molecule has 0 aliphatic rings. The van der Waals surface area contributed by atoms with Crippen molar-refractivity contribution in [2.75, 3.05) is 0 Å². The molecule has 2 heterocycles. The molecule has 0 saturated heterocycles. The maximum absolute atomic E-state index is 12.5. The molecule has 0 unspecified atom stereocenters. The summed E-state index contributed by atoms with van der Waals surface area (Å²) >= 11 is 1.61. The van der Waals surface area contributed by atoms with Gasteiger partial charge in [-0.05, 0) is 55.5 Å². The summed E-state index contributed by atoms with van der Waals surface area (Å²) in [7, 11) is 0. The molecule has 6 heteroatoms. The Bertz CT molecular complexity index is 974. The molecular weight excluding hydrogens is 334 g/mol. The van der Waals surface area contributed by atoms with Gasteiger partial charge >= 0.3 is 0 Å². The standard InChI is InChI=1S/C19H21N3O2S/c1-12-9-16-17(10-13(12)2)22(19(24)14(3)21-16)7-6-18(23)20-11-15-5-4-8-25-15/h4-5,8-10H,6-7,11H2,1-3H3,(H,20,23). The predicted octanol–water partition coefficient (Wildman–Crippen LogP) is 3.09. The van der Waals surface area contributed by atoms with Crippen LogP contribution in [0.1, 0.15) is 28.1 Å². The Kier molecular flexibility index (Phi) is 4.99. The number of thiophene rings is 1. The van der Waals surface area contributed by atoms with Crippen molar-refractivity contribution < 1.29 is 4.79 Å². The minimum absolute atomic E-state index is 0.0632. The van der Waals surface area contributed by atoms with E-state index < -0.39 is 0 Å². The van der Waals surface area contributed by atoms with Gasteiger partial charge in [-0.1, -0.05) is 6.07 Å². The van der Waals surface area contributed by atoms with Gasteiger partial charge in [0.1, 0.15) is 5.69 Å². The second-order valence-corrected chi connectivity index (χ2v) is 7.22. The molecule has 130 valence electrons. The van der Waals surface area contributed by atoms with E-state index in [4.69, 9.17) is 0 Å². The lowest BCUT2D eigenvalue weighted by molar-refractivity contribution is -0.121. The minimum Gasteiger partial charge on any atom is -0.351 e. The topological polar surface area (TPSA) is 64.0 Å². The van der Waals surface area contributed by atoms with E-state index in [1.54, 1.807) is 22.8 Å². The number of nitrogens with zero attached hydrogens (tertiary/aromatic N) is 2. The Balaban J connectivity index is 1.80. The van der Waals surface area contributed by atoms with Gasteiger partial charge in [0, 0.05) is 17.8 Å². The van der Waals surface area contributed by atoms with Gasteiger partial charge in [0.05, 0.1) is 17.6 Å². The Morgan fingerprint density at radius 2 is 2.00 bits per heavy atom. The predicted molar refractivity (Wildman–Crippen MR) is 101 cm³/mol. The molecule has 0 fully saturated rings. The fourth-order valence-electron chi connectivity index (χ4n) is 2.75. The van der Waals surface area contributed by atoms with Crippen molar-refractivity contribution in [1.29, 1.82) is 0 Å². The first-order valence-electron chi connectivity index (χ1n) is 8.23. The Labute approximate surface area is 150 Å². The lowest BCUT2D eigenvalue weighted by Gasteiger charge is -2.13. The summed E-state index contributed by atoms with van der Waals surface area (Å²) in [6, 6.07) is 7.91. The van der Waals surface area contributed by atoms with Gasteiger partial charge in [0.15, 0.2) is 0 Å². The van der Waals surface area contributed by atoms with Gasteiger partial charge in [-0.15, -0.1) is 11.3 Å². The van der Waals surface area contributed by atoms with Crippen molar-refractivity contribution in [3.63, 3.8) is 0 Å². The molecule has 0 aliphatic carbocycles. The zero-order valence-corrected chi connectivity index (χ0v) is 15.4. The van der Waals surface area contributed by atoms with Crippen molar-refractivity contribution in [1.82, 2.24) is 14.9 Å². The quantitative estimate of drug-likeness (QED) is 0.765. The second kappa shape index (κ2) is 7.19. The zero-order valence-electron chi connectivity index (χ0n) is 14.6. The van der Waals surface area contributed by atoms with Gasteiger partial charge in [0.25, 0.3) is 5.56 Å². The highest BCUT2D eigenvalue weighted by Crippen LogP contribution is 2.17. The van der Waals surface area contributed by atoms with E-state index in [-0.39, 0.29) is 17.9 Å². The number of fused-ring (bicyclic) bond motifs is 1. The Morgan fingerprint density at radius 1 is 1.24 bits per heavy atom. The summed E-state index contributed by atoms with van der Waals surface area (Å²) in [4.78, 5) is 30.1. The van der Waals surface area contributed by atoms with E-state index in [9.17, 15) is 9.59 Å². The SMILES string of the molecule is Cc1cc2nc(C)c(=O)n(CCC(=O)NCc3cccs3)c2cc1C. The van der Waals surface area contributed by atoms with Crippen molar-refractivity contribution in [3.05, 3.63) is 61.7 Å². The van der Waals surface area contributed by atoms with E-state index in [2.05, 4.69) is 10.3 Å². The van der Waals surface area contributed by atoms with Crippen LogP contribution in [0.15, 0.2) is 34.4 Å². The summed E-state index contributed by atoms with van der Waals surface area (Å²) in [5.41, 5.74) is 4.13. The van der Waals surface area contributed by atoms with Gasteiger partial charge < -0.3 is 9.88 Å². The molecule has 1 N–H and O–H groups in total. The van der Waals surface area contributed by atoms with Gasteiger partial charge in [-0.2, -0.15) is 0 Å². The summed E-state index contributed by atoms with van der Waals surface area (Å²) in [6.45, 7) is 6.62. The fraction of sp³-hybridized carbons (Fsp3) is 0.316. The molecule has 0 bridgehead atoms. The Morgan fingerprint density at radius 3 is 2.72 bits per heavy atom. The number of aryl methyl sites for hydroxylation is 4. The van der Waals surface area contributed by atoms with Crippen LogP contribution in [0.2, 0.25) is 0 Å². The highest BCUT2D eigenvalue weighted by atomic mass is 32.1. The van der Waals surface area contributed by atoms with Crippen molar-refractivity contribution in [2.45, 2.75) is 40.3 Å². The molecule has 1 amide bonds. The number of carbonyl (C=O) groups excluding carboxylic acids is 1. The van der Waals surface area contributed by atoms with Crippen LogP contribution >= 0.6 is 11.3 Å². The van der Waals surface area contributed by atoms with Crippen molar-refractivity contribution >= 4 is 28.3 Å². The summed E-state index contributed by atoms with van der Waals surface area (Å²) in [5.74, 6) is -0.0632. The van der Waals surface area contributed by atoms with E-state index in [0.29, 0.717) is 18.8 Å². The van der Waals surface area contributed by atoms with Gasteiger partial charge in [-0.25, -0.2) is 4.98 Å². The number of rotatable bonds is 5. The average Bonchev–Trinajstić information content (AvgIpc) is 3.09. The normalized spacial score (nSPS) is 11.0. The average molecular weight is 355 g/mol. The molecule has 0 radical (unpaired) electrons. The highest BCUT2D eigenvalue weighted by molar-refractivity contribution is 7.09. The third-order valence-electron chi connectivity index (χ3n) is 4.33. The van der Waals surface area contributed by atoms with E-state index in [0.717, 1.165) is 27.0 Å². The third kappa shape index (κ3) is 3.79. The molecule has 0 saturated carbocycles. The summed E-state index contributed by atoms with van der Waals surface area (Å²) < 4.78 is 1.66. The molecule has 1 aromatic carbocycles. The van der Waals surface area contributed by atoms with Gasteiger partial charge in [-0.3, -0.25) is 9.59 Å². The molecule has 3 aromatic rings.